The van der Waals surface area contributed by atoms with Crippen molar-refractivity contribution in [2.24, 2.45) is 0 Å². The maximum absolute atomic E-state index is 11.9. The summed E-state index contributed by atoms with van der Waals surface area (Å²) in [4.78, 5) is 14.2. The molecule has 0 spiro atoms. The van der Waals surface area contributed by atoms with Gasteiger partial charge in [-0.15, -0.1) is 0 Å². The Labute approximate surface area is 120 Å². The van der Waals surface area contributed by atoms with Gasteiger partial charge in [-0.25, -0.2) is 0 Å². The van der Waals surface area contributed by atoms with Crippen LogP contribution in [0.15, 0.2) is 18.2 Å². The average molecular weight is 277 g/mol. The van der Waals surface area contributed by atoms with Crippen molar-refractivity contribution in [1.82, 2.24) is 5.32 Å². The Morgan fingerprint density at radius 3 is 2.85 bits per heavy atom. The quantitative estimate of drug-likeness (QED) is 0.797. The van der Waals surface area contributed by atoms with E-state index in [2.05, 4.69) is 28.5 Å². The molecule has 1 aromatic rings. The van der Waals surface area contributed by atoms with E-state index in [1.54, 1.807) is 7.11 Å². The van der Waals surface area contributed by atoms with Crippen LogP contribution in [0.25, 0.3) is 0 Å². The third-order valence-electron chi connectivity index (χ3n) is 3.59. The first-order chi connectivity index (χ1) is 9.71. The highest BCUT2D eigenvalue weighted by Gasteiger charge is 2.29. The summed E-state index contributed by atoms with van der Waals surface area (Å²) in [6, 6.07) is 5.93. The minimum Gasteiger partial charge on any atom is -0.383 e. The number of amides is 1. The van der Waals surface area contributed by atoms with E-state index in [0.29, 0.717) is 6.61 Å². The molecule has 0 radical (unpaired) electrons. The fraction of sp³-hybridized carbons (Fsp3) is 0.533. The van der Waals surface area contributed by atoms with Crippen LogP contribution >= 0.6 is 0 Å². The van der Waals surface area contributed by atoms with Gasteiger partial charge in [0.2, 0.25) is 5.91 Å². The van der Waals surface area contributed by atoms with Gasteiger partial charge in [-0.05, 0) is 25.6 Å². The predicted octanol–water partition coefficient (Wildman–Crippen LogP) is 1.76. The monoisotopic (exact) mass is 277 g/mol. The third kappa shape index (κ3) is 2.94. The van der Waals surface area contributed by atoms with Crippen molar-refractivity contribution in [3.63, 3.8) is 0 Å². The molecule has 2 N–H and O–H groups in total. The van der Waals surface area contributed by atoms with Gasteiger partial charge in [0.25, 0.3) is 0 Å². The topological polar surface area (TPSA) is 53.6 Å². The Hall–Kier alpha value is -1.59. The Bertz CT molecular complexity index is 476. The fourth-order valence-electron chi connectivity index (χ4n) is 2.53. The molecular weight excluding hydrogens is 254 g/mol. The van der Waals surface area contributed by atoms with Crippen LogP contribution < -0.4 is 15.5 Å². The number of hydrogen-bond acceptors (Lipinski definition) is 4. The molecule has 1 aromatic carbocycles. The maximum atomic E-state index is 11.9. The molecule has 0 aromatic heterocycles. The molecule has 110 valence electrons. The number of methoxy groups -OCH3 is 1. The predicted molar refractivity (Wildman–Crippen MR) is 81.3 cm³/mol. The van der Waals surface area contributed by atoms with Gasteiger partial charge >= 0.3 is 0 Å². The Morgan fingerprint density at radius 1 is 1.40 bits per heavy atom. The smallest absolute Gasteiger partial charge is 0.246 e. The number of carbonyl (C=O) groups excluding carboxylic acids is 1. The molecule has 0 saturated carbocycles. The molecule has 1 amide bonds. The number of carbonyl (C=O) groups is 1. The lowest BCUT2D eigenvalue weighted by atomic mass is 10.1. The number of likely N-dealkylation sites (N-methyl/N-ethyl adjacent to an activating group) is 2. The lowest BCUT2D eigenvalue weighted by molar-refractivity contribution is -0.117. The summed E-state index contributed by atoms with van der Waals surface area (Å²) in [5.41, 5.74) is 3.05. The molecule has 5 heteroatoms. The van der Waals surface area contributed by atoms with Gasteiger partial charge in [0.05, 0.1) is 6.61 Å². The van der Waals surface area contributed by atoms with Crippen LogP contribution in [0.4, 0.5) is 11.4 Å². The minimum absolute atomic E-state index is 0.0268. The van der Waals surface area contributed by atoms with Gasteiger partial charge in [-0.3, -0.25) is 4.79 Å². The number of ether oxygens (including phenoxy) is 1. The van der Waals surface area contributed by atoms with E-state index in [9.17, 15) is 4.79 Å². The van der Waals surface area contributed by atoms with Crippen molar-refractivity contribution in [2.45, 2.75) is 19.9 Å². The molecule has 0 saturated heterocycles. The van der Waals surface area contributed by atoms with Crippen molar-refractivity contribution in [2.75, 3.05) is 43.6 Å². The minimum atomic E-state index is -0.224. The zero-order valence-electron chi connectivity index (χ0n) is 12.4. The van der Waals surface area contributed by atoms with Gasteiger partial charge < -0.3 is 20.3 Å². The van der Waals surface area contributed by atoms with E-state index >= 15 is 0 Å². The second-order valence-corrected chi connectivity index (χ2v) is 4.82. The number of nitrogens with zero attached hydrogens (tertiary/aromatic N) is 1. The zero-order chi connectivity index (χ0) is 14.5. The Morgan fingerprint density at radius 2 is 2.20 bits per heavy atom. The van der Waals surface area contributed by atoms with Crippen LogP contribution in [0, 0.1) is 0 Å². The molecule has 20 heavy (non-hydrogen) atoms. The summed E-state index contributed by atoms with van der Waals surface area (Å²) >= 11 is 0. The summed E-state index contributed by atoms with van der Waals surface area (Å²) in [5, 5.41) is 6.15. The van der Waals surface area contributed by atoms with Crippen LogP contribution in [0.5, 0.6) is 0 Å². The summed E-state index contributed by atoms with van der Waals surface area (Å²) in [6.45, 7) is 7.33. The molecule has 1 heterocycles. The number of fused-ring (bicyclic) bond motifs is 1. The second-order valence-electron chi connectivity index (χ2n) is 4.82. The number of nitrogens with one attached hydrogen (secondary N) is 2. The van der Waals surface area contributed by atoms with Crippen molar-refractivity contribution in [1.29, 1.82) is 0 Å². The largest absolute Gasteiger partial charge is 0.383 e. The van der Waals surface area contributed by atoms with Crippen molar-refractivity contribution in [3.8, 4) is 0 Å². The molecule has 0 aliphatic carbocycles. The van der Waals surface area contributed by atoms with E-state index < -0.39 is 0 Å². The van der Waals surface area contributed by atoms with Crippen molar-refractivity contribution >= 4 is 17.3 Å². The van der Waals surface area contributed by atoms with Crippen LogP contribution in [0.1, 0.15) is 25.5 Å². The lowest BCUT2D eigenvalue weighted by Gasteiger charge is -2.23. The summed E-state index contributed by atoms with van der Waals surface area (Å²) in [7, 11) is 1.71. The van der Waals surface area contributed by atoms with Crippen molar-refractivity contribution < 1.29 is 9.53 Å². The van der Waals surface area contributed by atoms with Crippen LogP contribution in [-0.2, 0) is 9.53 Å². The highest BCUT2D eigenvalue weighted by Crippen LogP contribution is 2.33. The second kappa shape index (κ2) is 6.72. The Kier molecular flexibility index (Phi) is 4.98. The highest BCUT2D eigenvalue weighted by molar-refractivity contribution is 6.03. The number of benzene rings is 1. The van der Waals surface area contributed by atoms with E-state index in [-0.39, 0.29) is 11.9 Å². The number of anilines is 2. The van der Waals surface area contributed by atoms with Gasteiger partial charge in [0.1, 0.15) is 6.04 Å². The van der Waals surface area contributed by atoms with E-state index in [0.717, 1.165) is 36.6 Å². The first-order valence-electron chi connectivity index (χ1n) is 7.13. The Balaban J connectivity index is 2.20. The number of rotatable bonds is 7. The molecule has 1 unspecified atom stereocenters. The SMILES string of the molecule is CCNC1C(=O)Nc2cc(N(CC)CCOC)ccc21. The molecule has 1 atom stereocenters. The van der Waals surface area contributed by atoms with E-state index in [1.165, 1.54) is 0 Å². The summed E-state index contributed by atoms with van der Waals surface area (Å²) < 4.78 is 5.13. The maximum Gasteiger partial charge on any atom is 0.246 e. The van der Waals surface area contributed by atoms with Crippen molar-refractivity contribution in [3.05, 3.63) is 23.8 Å². The average Bonchev–Trinajstić information content (AvgIpc) is 2.76. The van der Waals surface area contributed by atoms with Gasteiger partial charge in [-0.1, -0.05) is 13.0 Å². The van der Waals surface area contributed by atoms with Gasteiger partial charge in [0.15, 0.2) is 0 Å². The molecule has 1 aliphatic heterocycles. The van der Waals surface area contributed by atoms with Gasteiger partial charge in [-0.2, -0.15) is 0 Å². The molecular formula is C15H23N3O2. The fourth-order valence-corrected chi connectivity index (χ4v) is 2.53. The van der Waals surface area contributed by atoms with Crippen LogP contribution in [0.3, 0.4) is 0 Å². The molecule has 1 aliphatic rings. The first-order valence-corrected chi connectivity index (χ1v) is 7.13. The molecule has 2 rings (SSSR count). The standard InChI is InChI=1S/C15H23N3O2/c1-4-16-14-12-7-6-11(10-13(12)17-15(14)19)18(5-2)8-9-20-3/h6-7,10,14,16H,4-5,8-9H2,1-3H3,(H,17,19). The van der Waals surface area contributed by atoms with Crippen LogP contribution in [-0.4, -0.2) is 39.3 Å². The third-order valence-corrected chi connectivity index (χ3v) is 3.59. The first kappa shape index (κ1) is 14.8. The summed E-state index contributed by atoms with van der Waals surface area (Å²) in [5.74, 6) is 0.0268. The molecule has 0 bridgehead atoms. The molecule has 5 nitrogen and oxygen atoms in total. The summed E-state index contributed by atoms with van der Waals surface area (Å²) in [6.07, 6.45) is 0. The normalized spacial score (nSPS) is 16.9. The highest BCUT2D eigenvalue weighted by atomic mass is 16.5. The van der Waals surface area contributed by atoms with Crippen LogP contribution in [0.2, 0.25) is 0 Å². The van der Waals surface area contributed by atoms with Gasteiger partial charge in [0, 0.05) is 37.1 Å². The number of hydrogen-bond donors (Lipinski definition) is 2. The lowest BCUT2D eigenvalue weighted by Crippen LogP contribution is -2.27. The molecule has 0 fully saturated rings. The van der Waals surface area contributed by atoms with E-state index in [4.69, 9.17) is 4.74 Å². The van der Waals surface area contributed by atoms with E-state index in [1.807, 2.05) is 19.1 Å². The zero-order valence-corrected chi connectivity index (χ0v) is 12.4.